The van der Waals surface area contributed by atoms with Crippen LogP contribution in [0, 0.1) is 0 Å². The summed E-state index contributed by atoms with van der Waals surface area (Å²) in [5.41, 5.74) is 0.654. The molecule has 0 atom stereocenters. The largest absolute Gasteiger partial charge is 0.494 e. The van der Waals surface area contributed by atoms with E-state index in [1.165, 1.54) is 15.6 Å². The molecule has 0 saturated carbocycles. The average Bonchev–Trinajstić information content (AvgIpc) is 2.94. The summed E-state index contributed by atoms with van der Waals surface area (Å²) in [5.74, 6) is 0.727. The molecule has 1 aromatic carbocycles. The third kappa shape index (κ3) is 3.48. The fourth-order valence-electron chi connectivity index (χ4n) is 2.67. The first-order valence-electron chi connectivity index (χ1n) is 8.15. The van der Waals surface area contributed by atoms with Gasteiger partial charge in [0.2, 0.25) is 0 Å². The van der Waals surface area contributed by atoms with E-state index >= 15 is 0 Å². The zero-order chi connectivity index (χ0) is 18.9. The van der Waals surface area contributed by atoms with Crippen LogP contribution in [-0.4, -0.2) is 40.6 Å². The van der Waals surface area contributed by atoms with Gasteiger partial charge in [-0.3, -0.25) is 9.36 Å². The molecule has 0 N–H and O–H groups in total. The summed E-state index contributed by atoms with van der Waals surface area (Å²) in [6, 6.07) is 7.43. The summed E-state index contributed by atoms with van der Waals surface area (Å²) >= 11 is 0. The summed E-state index contributed by atoms with van der Waals surface area (Å²) in [6.07, 6.45) is 3.33. The Bertz CT molecular complexity index is 1120. The van der Waals surface area contributed by atoms with Crippen molar-refractivity contribution in [3.8, 4) is 5.75 Å². The first kappa shape index (κ1) is 18.1. The number of hydrogen-bond acceptors (Lipinski definition) is 6. The van der Waals surface area contributed by atoms with Crippen LogP contribution in [0.5, 0.6) is 5.75 Å². The number of rotatable bonds is 6. The maximum Gasteiger partial charge on any atom is 0.266 e. The molecule has 0 aliphatic rings. The normalized spacial score (nSPS) is 11.8. The number of sulfone groups is 1. The molecular weight excluding hydrogens is 356 g/mol. The zero-order valence-corrected chi connectivity index (χ0v) is 15.7. The van der Waals surface area contributed by atoms with Gasteiger partial charge in [0.05, 0.1) is 13.2 Å². The minimum Gasteiger partial charge on any atom is -0.494 e. The van der Waals surface area contributed by atoms with Gasteiger partial charge in [0.25, 0.3) is 5.56 Å². The Balaban J connectivity index is 2.05. The second-order valence-electron chi connectivity index (χ2n) is 6.07. The van der Waals surface area contributed by atoms with Crippen LogP contribution in [0.15, 0.2) is 40.4 Å². The maximum absolute atomic E-state index is 12.8. The molecule has 0 aliphatic carbocycles. The van der Waals surface area contributed by atoms with E-state index in [1.807, 2.05) is 31.2 Å². The molecule has 9 heteroatoms. The molecule has 0 radical (unpaired) electrons. The molecule has 2 heterocycles. The van der Waals surface area contributed by atoms with Gasteiger partial charge in [-0.15, -0.1) is 0 Å². The molecule has 0 spiro atoms. The lowest BCUT2D eigenvalue weighted by Crippen LogP contribution is -2.22. The van der Waals surface area contributed by atoms with E-state index in [1.54, 1.807) is 7.05 Å². The van der Waals surface area contributed by atoms with Gasteiger partial charge in [0, 0.05) is 13.3 Å². The summed E-state index contributed by atoms with van der Waals surface area (Å²) in [5, 5.41) is 3.71. The number of hydrogen-bond donors (Lipinski definition) is 0. The van der Waals surface area contributed by atoms with Crippen LogP contribution in [0.4, 0.5) is 0 Å². The number of nitrogens with zero attached hydrogens (tertiary/aromatic N) is 4. The van der Waals surface area contributed by atoms with Crippen molar-refractivity contribution in [3.05, 3.63) is 46.5 Å². The molecular formula is C17H20N4O4S. The summed E-state index contributed by atoms with van der Waals surface area (Å²) < 4.78 is 32.2. The highest BCUT2D eigenvalue weighted by Gasteiger charge is 2.22. The van der Waals surface area contributed by atoms with Gasteiger partial charge in [0.15, 0.2) is 20.5 Å². The number of fused-ring (bicyclic) bond motifs is 1. The Hall–Kier alpha value is -2.68. The SMILES string of the molecule is CCCOc1cccc(Cn2cnc3c(c(S(C)(=O)=O)nn3C)c2=O)c1. The third-order valence-corrected chi connectivity index (χ3v) is 4.84. The lowest BCUT2D eigenvalue weighted by Gasteiger charge is -2.09. The van der Waals surface area contributed by atoms with Crippen molar-refractivity contribution in [2.45, 2.75) is 24.9 Å². The van der Waals surface area contributed by atoms with Crippen LogP contribution in [0.3, 0.4) is 0 Å². The molecule has 0 saturated heterocycles. The molecule has 3 rings (SSSR count). The molecule has 3 aromatic rings. The molecule has 0 aliphatic heterocycles. The Morgan fingerprint density at radius 2 is 2.04 bits per heavy atom. The second-order valence-corrected chi connectivity index (χ2v) is 8.00. The van der Waals surface area contributed by atoms with Crippen molar-refractivity contribution >= 4 is 20.9 Å². The molecule has 8 nitrogen and oxygen atoms in total. The number of aromatic nitrogens is 4. The van der Waals surface area contributed by atoms with Gasteiger partial charge in [-0.25, -0.2) is 18.1 Å². The summed E-state index contributed by atoms with van der Waals surface area (Å²) in [7, 11) is -2.09. The lowest BCUT2D eigenvalue weighted by molar-refractivity contribution is 0.317. The fraction of sp³-hybridized carbons (Fsp3) is 0.353. The minimum absolute atomic E-state index is 0.0101. The van der Waals surface area contributed by atoms with Gasteiger partial charge in [-0.2, -0.15) is 5.10 Å². The number of aryl methyl sites for hydroxylation is 1. The molecule has 138 valence electrons. The Kier molecular flexibility index (Phi) is 4.82. The Labute approximate surface area is 151 Å². The van der Waals surface area contributed by atoms with Gasteiger partial charge >= 0.3 is 0 Å². The predicted octanol–water partition coefficient (Wildman–Crippen LogP) is 1.37. The van der Waals surface area contributed by atoms with Gasteiger partial charge in [-0.05, 0) is 24.1 Å². The van der Waals surface area contributed by atoms with E-state index in [9.17, 15) is 13.2 Å². The highest BCUT2D eigenvalue weighted by molar-refractivity contribution is 7.90. The average molecular weight is 376 g/mol. The van der Waals surface area contributed by atoms with Gasteiger partial charge in [-0.1, -0.05) is 19.1 Å². The van der Waals surface area contributed by atoms with Crippen LogP contribution in [-0.2, 0) is 23.4 Å². The fourth-order valence-corrected chi connectivity index (χ4v) is 3.49. The third-order valence-electron chi connectivity index (χ3n) is 3.85. The predicted molar refractivity (Wildman–Crippen MR) is 97.2 cm³/mol. The van der Waals surface area contributed by atoms with Crippen LogP contribution >= 0.6 is 0 Å². The molecule has 2 aromatic heterocycles. The summed E-state index contributed by atoms with van der Waals surface area (Å²) in [4.78, 5) is 17.1. The molecule has 0 fully saturated rings. The van der Waals surface area contributed by atoms with E-state index in [4.69, 9.17) is 4.74 Å². The van der Waals surface area contributed by atoms with E-state index in [2.05, 4.69) is 10.1 Å². The van der Waals surface area contributed by atoms with Gasteiger partial charge < -0.3 is 4.74 Å². The van der Waals surface area contributed by atoms with Gasteiger partial charge in [0.1, 0.15) is 17.5 Å². The summed E-state index contributed by atoms with van der Waals surface area (Å²) in [6.45, 7) is 2.89. The highest BCUT2D eigenvalue weighted by Crippen LogP contribution is 2.18. The van der Waals surface area contributed by atoms with Crippen LogP contribution in [0.25, 0.3) is 11.0 Å². The monoisotopic (exact) mass is 376 g/mol. The quantitative estimate of drug-likeness (QED) is 0.645. The van der Waals surface area contributed by atoms with E-state index in [0.717, 1.165) is 24.0 Å². The zero-order valence-electron chi connectivity index (χ0n) is 14.8. The van der Waals surface area contributed by atoms with Crippen molar-refractivity contribution in [1.29, 1.82) is 0 Å². The first-order chi connectivity index (χ1) is 12.3. The van der Waals surface area contributed by atoms with Crippen LogP contribution in [0.1, 0.15) is 18.9 Å². The van der Waals surface area contributed by atoms with Crippen LogP contribution in [0.2, 0.25) is 0 Å². The topological polar surface area (TPSA) is 96.1 Å². The van der Waals surface area contributed by atoms with Crippen molar-refractivity contribution in [2.75, 3.05) is 12.9 Å². The van der Waals surface area contributed by atoms with Crippen LogP contribution < -0.4 is 10.3 Å². The molecule has 0 bridgehead atoms. The van der Waals surface area contributed by atoms with Crippen molar-refractivity contribution in [1.82, 2.24) is 19.3 Å². The molecule has 0 amide bonds. The highest BCUT2D eigenvalue weighted by atomic mass is 32.2. The number of ether oxygens (including phenoxy) is 1. The maximum atomic E-state index is 12.8. The smallest absolute Gasteiger partial charge is 0.266 e. The molecule has 26 heavy (non-hydrogen) atoms. The second kappa shape index (κ2) is 6.91. The van der Waals surface area contributed by atoms with Crippen molar-refractivity contribution < 1.29 is 13.2 Å². The Morgan fingerprint density at radius 1 is 1.27 bits per heavy atom. The van der Waals surface area contributed by atoms with E-state index in [-0.39, 0.29) is 22.6 Å². The van der Waals surface area contributed by atoms with E-state index < -0.39 is 15.4 Å². The number of benzene rings is 1. The first-order valence-corrected chi connectivity index (χ1v) is 10.0. The van der Waals surface area contributed by atoms with E-state index in [0.29, 0.717) is 6.61 Å². The van der Waals surface area contributed by atoms with Crippen molar-refractivity contribution in [3.63, 3.8) is 0 Å². The minimum atomic E-state index is -3.64. The Morgan fingerprint density at radius 3 is 2.73 bits per heavy atom. The van der Waals surface area contributed by atoms with Crippen molar-refractivity contribution in [2.24, 2.45) is 7.05 Å². The molecule has 0 unspecified atom stereocenters. The standard InChI is InChI=1S/C17H20N4O4S/c1-4-8-25-13-7-5-6-12(9-13)10-21-11-18-15-14(17(21)22)16(19-20(15)2)26(3,23)24/h5-7,9,11H,4,8,10H2,1-3H3. The lowest BCUT2D eigenvalue weighted by atomic mass is 10.2.